The van der Waals surface area contributed by atoms with Crippen molar-refractivity contribution in [1.82, 2.24) is 5.32 Å². The quantitative estimate of drug-likeness (QED) is 0.861. The summed E-state index contributed by atoms with van der Waals surface area (Å²) in [5.41, 5.74) is 1.18. The summed E-state index contributed by atoms with van der Waals surface area (Å²) in [5, 5.41) is 2.91. The van der Waals surface area contributed by atoms with Gasteiger partial charge in [0.25, 0.3) is 0 Å². The molecule has 4 nitrogen and oxygen atoms in total. The second-order valence-electron chi connectivity index (χ2n) is 4.39. The normalized spacial score (nSPS) is 18.6. The molecule has 0 saturated carbocycles. The maximum absolute atomic E-state index is 11.7. The average molecular weight is 249 g/mol. The number of nitrogens with one attached hydrogen (secondary N) is 1. The van der Waals surface area contributed by atoms with Gasteiger partial charge in [0.1, 0.15) is 11.9 Å². The van der Waals surface area contributed by atoms with Gasteiger partial charge in [-0.1, -0.05) is 12.1 Å². The van der Waals surface area contributed by atoms with Crippen molar-refractivity contribution in [1.29, 1.82) is 0 Å². The first-order chi connectivity index (χ1) is 8.79. The zero-order valence-electron chi connectivity index (χ0n) is 10.6. The summed E-state index contributed by atoms with van der Waals surface area (Å²) >= 11 is 0. The lowest BCUT2D eigenvalue weighted by molar-refractivity contribution is -0.129. The number of rotatable bonds is 5. The van der Waals surface area contributed by atoms with Gasteiger partial charge in [-0.25, -0.2) is 0 Å². The zero-order chi connectivity index (χ0) is 12.8. The minimum absolute atomic E-state index is 0.0148. The molecule has 1 N–H and O–H groups in total. The number of hydrogen-bond donors (Lipinski definition) is 1. The topological polar surface area (TPSA) is 47.6 Å². The van der Waals surface area contributed by atoms with Crippen LogP contribution in [0.4, 0.5) is 0 Å². The lowest BCUT2D eigenvalue weighted by atomic mass is 10.1. The van der Waals surface area contributed by atoms with Crippen LogP contribution in [0.2, 0.25) is 0 Å². The standard InChI is InChI=1S/C14H19NO3/c1-17-12-6-4-11(5-7-12)8-9-15-14(16)13-3-2-10-18-13/h4-7,13H,2-3,8-10H2,1H3,(H,15,16)/t13-/m1/s1. The number of methoxy groups -OCH3 is 1. The molecule has 2 rings (SSSR count). The number of carbonyl (C=O) groups excluding carboxylic acids is 1. The fourth-order valence-corrected chi connectivity index (χ4v) is 2.02. The van der Waals surface area contributed by atoms with Gasteiger partial charge in [-0.2, -0.15) is 0 Å². The summed E-state index contributed by atoms with van der Waals surface area (Å²) in [7, 11) is 1.65. The van der Waals surface area contributed by atoms with E-state index in [2.05, 4.69) is 5.32 Å². The largest absolute Gasteiger partial charge is 0.497 e. The third-order valence-corrected chi connectivity index (χ3v) is 3.09. The Bertz CT molecular complexity index is 383. The third-order valence-electron chi connectivity index (χ3n) is 3.09. The number of ether oxygens (including phenoxy) is 2. The Morgan fingerprint density at radius 1 is 1.44 bits per heavy atom. The molecule has 1 amide bonds. The van der Waals surface area contributed by atoms with Crippen molar-refractivity contribution in [3.05, 3.63) is 29.8 Å². The Kier molecular flexibility index (Phi) is 4.59. The minimum Gasteiger partial charge on any atom is -0.497 e. The van der Waals surface area contributed by atoms with E-state index in [-0.39, 0.29) is 12.0 Å². The SMILES string of the molecule is COc1ccc(CCNC(=O)[C@H]2CCCO2)cc1. The molecule has 0 unspecified atom stereocenters. The van der Waals surface area contributed by atoms with E-state index in [0.29, 0.717) is 13.2 Å². The zero-order valence-corrected chi connectivity index (χ0v) is 10.6. The molecule has 0 aliphatic carbocycles. The Labute approximate surface area is 107 Å². The van der Waals surface area contributed by atoms with Gasteiger partial charge in [-0.3, -0.25) is 4.79 Å². The summed E-state index contributed by atoms with van der Waals surface area (Å²) in [6.07, 6.45) is 2.41. The molecule has 1 saturated heterocycles. The Morgan fingerprint density at radius 2 is 2.22 bits per heavy atom. The van der Waals surface area contributed by atoms with Gasteiger partial charge in [-0.05, 0) is 37.0 Å². The van der Waals surface area contributed by atoms with Crippen LogP contribution in [0.5, 0.6) is 5.75 Å². The molecule has 1 atom stereocenters. The smallest absolute Gasteiger partial charge is 0.249 e. The van der Waals surface area contributed by atoms with Gasteiger partial charge < -0.3 is 14.8 Å². The van der Waals surface area contributed by atoms with Crippen molar-refractivity contribution in [2.24, 2.45) is 0 Å². The predicted octanol–water partition coefficient (Wildman–Crippen LogP) is 1.53. The third kappa shape index (κ3) is 3.47. The second kappa shape index (κ2) is 6.40. The molecule has 1 heterocycles. The van der Waals surface area contributed by atoms with Crippen molar-refractivity contribution in [3.8, 4) is 5.75 Å². The van der Waals surface area contributed by atoms with Crippen LogP contribution in [0.1, 0.15) is 18.4 Å². The number of hydrogen-bond acceptors (Lipinski definition) is 3. The molecule has 0 radical (unpaired) electrons. The van der Waals surface area contributed by atoms with Crippen LogP contribution in [0.25, 0.3) is 0 Å². The van der Waals surface area contributed by atoms with Gasteiger partial charge in [0, 0.05) is 13.2 Å². The maximum Gasteiger partial charge on any atom is 0.249 e. The molecule has 1 aromatic carbocycles. The number of benzene rings is 1. The molecular formula is C14H19NO3. The molecule has 0 spiro atoms. The number of amides is 1. The van der Waals surface area contributed by atoms with Gasteiger partial charge in [0.15, 0.2) is 0 Å². The van der Waals surface area contributed by atoms with Crippen molar-refractivity contribution >= 4 is 5.91 Å². The van der Waals surface area contributed by atoms with Gasteiger partial charge in [0.2, 0.25) is 5.91 Å². The van der Waals surface area contributed by atoms with Crippen LogP contribution in [-0.2, 0) is 16.0 Å². The first kappa shape index (κ1) is 12.9. The van der Waals surface area contributed by atoms with Crippen molar-refractivity contribution in [2.45, 2.75) is 25.4 Å². The van der Waals surface area contributed by atoms with E-state index in [9.17, 15) is 4.79 Å². The van der Waals surface area contributed by atoms with Crippen LogP contribution < -0.4 is 10.1 Å². The maximum atomic E-state index is 11.7. The molecule has 0 bridgehead atoms. The van der Waals surface area contributed by atoms with Crippen LogP contribution >= 0.6 is 0 Å². The van der Waals surface area contributed by atoms with Gasteiger partial charge >= 0.3 is 0 Å². The lowest BCUT2D eigenvalue weighted by Gasteiger charge is -2.10. The molecule has 1 aliphatic heterocycles. The van der Waals surface area contributed by atoms with Crippen molar-refractivity contribution < 1.29 is 14.3 Å². The Balaban J connectivity index is 1.72. The van der Waals surface area contributed by atoms with E-state index in [1.54, 1.807) is 7.11 Å². The fourth-order valence-electron chi connectivity index (χ4n) is 2.02. The lowest BCUT2D eigenvalue weighted by Crippen LogP contribution is -2.35. The van der Waals surface area contributed by atoms with E-state index >= 15 is 0 Å². The summed E-state index contributed by atoms with van der Waals surface area (Å²) in [6, 6.07) is 7.88. The highest BCUT2D eigenvalue weighted by Crippen LogP contribution is 2.13. The number of carbonyl (C=O) groups is 1. The van der Waals surface area contributed by atoms with E-state index in [4.69, 9.17) is 9.47 Å². The Morgan fingerprint density at radius 3 is 2.83 bits per heavy atom. The Hall–Kier alpha value is -1.55. The van der Waals surface area contributed by atoms with Crippen molar-refractivity contribution in [3.63, 3.8) is 0 Å². The summed E-state index contributed by atoms with van der Waals surface area (Å²) in [4.78, 5) is 11.7. The average Bonchev–Trinajstić information content (AvgIpc) is 2.93. The van der Waals surface area contributed by atoms with E-state index in [1.165, 1.54) is 5.56 Å². The fraction of sp³-hybridized carbons (Fsp3) is 0.500. The highest BCUT2D eigenvalue weighted by molar-refractivity contribution is 5.80. The highest BCUT2D eigenvalue weighted by Gasteiger charge is 2.22. The predicted molar refractivity (Wildman–Crippen MR) is 68.7 cm³/mol. The molecule has 18 heavy (non-hydrogen) atoms. The summed E-state index contributed by atoms with van der Waals surface area (Å²) < 4.78 is 10.4. The van der Waals surface area contributed by atoms with E-state index < -0.39 is 0 Å². The molecule has 1 aromatic rings. The minimum atomic E-state index is -0.235. The second-order valence-corrected chi connectivity index (χ2v) is 4.39. The summed E-state index contributed by atoms with van der Waals surface area (Å²) in [5.74, 6) is 0.864. The molecule has 1 fully saturated rings. The van der Waals surface area contributed by atoms with Crippen LogP contribution in [0.15, 0.2) is 24.3 Å². The van der Waals surface area contributed by atoms with E-state index in [1.807, 2.05) is 24.3 Å². The molecule has 4 heteroatoms. The van der Waals surface area contributed by atoms with Gasteiger partial charge in [0.05, 0.1) is 7.11 Å². The molecule has 1 aliphatic rings. The molecule has 0 aromatic heterocycles. The summed E-state index contributed by atoms with van der Waals surface area (Å²) in [6.45, 7) is 1.35. The molecule has 98 valence electrons. The monoisotopic (exact) mass is 249 g/mol. The first-order valence-electron chi connectivity index (χ1n) is 6.32. The van der Waals surface area contributed by atoms with Crippen LogP contribution in [-0.4, -0.2) is 32.3 Å². The van der Waals surface area contributed by atoms with Crippen LogP contribution in [0, 0.1) is 0 Å². The van der Waals surface area contributed by atoms with Gasteiger partial charge in [-0.15, -0.1) is 0 Å². The molecular weight excluding hydrogens is 230 g/mol. The van der Waals surface area contributed by atoms with Crippen LogP contribution in [0.3, 0.4) is 0 Å². The van der Waals surface area contributed by atoms with E-state index in [0.717, 1.165) is 25.0 Å². The highest BCUT2D eigenvalue weighted by atomic mass is 16.5. The first-order valence-corrected chi connectivity index (χ1v) is 6.32. The van der Waals surface area contributed by atoms with Crippen molar-refractivity contribution in [2.75, 3.05) is 20.3 Å².